The third kappa shape index (κ3) is 4.06. The zero-order valence-corrected chi connectivity index (χ0v) is 13.4. The zero-order valence-electron chi connectivity index (χ0n) is 10.5. The Morgan fingerprint density at radius 3 is 2.21 bits per heavy atom. The van der Waals surface area contributed by atoms with Crippen LogP contribution in [0.15, 0.2) is 53.4 Å². The number of nitrogens with two attached hydrogens (primary N) is 1. The van der Waals surface area contributed by atoms with Gasteiger partial charge in [-0.15, -0.1) is 0 Å². The first-order valence-corrected chi connectivity index (χ1v) is 6.76. The van der Waals surface area contributed by atoms with Crippen molar-refractivity contribution in [1.82, 2.24) is 0 Å². The molecule has 0 unspecified atom stereocenters. The van der Waals surface area contributed by atoms with Gasteiger partial charge in [-0.1, -0.05) is 42.5 Å². The van der Waals surface area contributed by atoms with Crippen molar-refractivity contribution in [1.29, 1.82) is 0 Å². The van der Waals surface area contributed by atoms with E-state index in [4.69, 9.17) is 5.73 Å². The van der Waals surface area contributed by atoms with E-state index in [0.717, 1.165) is 5.56 Å². The summed E-state index contributed by atoms with van der Waals surface area (Å²) in [5, 5.41) is 0. The predicted molar refractivity (Wildman–Crippen MR) is 68.1 cm³/mol. The van der Waals surface area contributed by atoms with E-state index in [0.29, 0.717) is 12.0 Å². The van der Waals surface area contributed by atoms with E-state index in [1.165, 1.54) is 12.1 Å². The van der Waals surface area contributed by atoms with Gasteiger partial charge in [-0.05, 0) is 23.6 Å². The molecule has 0 aromatic heterocycles. The molecule has 0 aliphatic rings. The molecule has 0 radical (unpaired) electrons. The summed E-state index contributed by atoms with van der Waals surface area (Å²) in [6.07, 6.45) is 0.496. The second-order valence-corrected chi connectivity index (χ2v) is 5.29. The molecule has 4 nitrogen and oxygen atoms in total. The molecule has 2 aromatic carbocycles. The number of para-hydroxylation sites is 1. The molecule has 0 aliphatic heterocycles. The van der Waals surface area contributed by atoms with E-state index in [1.807, 2.05) is 30.3 Å². The van der Waals surface area contributed by atoms with Crippen LogP contribution in [-0.2, 0) is 16.5 Å². The molecule has 0 fully saturated rings. The van der Waals surface area contributed by atoms with Crippen LogP contribution >= 0.6 is 0 Å². The minimum absolute atomic E-state index is 0. The molecular formula is C13H12NNaO3S. The summed E-state index contributed by atoms with van der Waals surface area (Å²) in [5.74, 6) is 0. The molecule has 0 amide bonds. The van der Waals surface area contributed by atoms with Crippen LogP contribution in [0.1, 0.15) is 11.1 Å². The first-order valence-electron chi connectivity index (χ1n) is 5.35. The monoisotopic (exact) mass is 285 g/mol. The van der Waals surface area contributed by atoms with Crippen molar-refractivity contribution in [2.75, 3.05) is 5.73 Å². The quantitative estimate of drug-likeness (QED) is 0.435. The van der Waals surface area contributed by atoms with E-state index < -0.39 is 10.1 Å². The smallest absolute Gasteiger partial charge is 0.744 e. The van der Waals surface area contributed by atoms with Gasteiger partial charge in [0.2, 0.25) is 0 Å². The molecule has 0 bridgehead atoms. The van der Waals surface area contributed by atoms with Crippen LogP contribution in [0, 0.1) is 0 Å². The van der Waals surface area contributed by atoms with Crippen LogP contribution in [0.25, 0.3) is 0 Å². The molecule has 0 saturated heterocycles. The Kier molecular flexibility index (Phi) is 5.58. The molecule has 0 heterocycles. The topological polar surface area (TPSA) is 83.2 Å². The van der Waals surface area contributed by atoms with Crippen LogP contribution in [-0.4, -0.2) is 13.0 Å². The van der Waals surface area contributed by atoms with Gasteiger partial charge in [0.15, 0.2) is 0 Å². The minimum atomic E-state index is -4.52. The second kappa shape index (κ2) is 6.54. The third-order valence-corrected chi connectivity index (χ3v) is 3.56. The summed E-state index contributed by atoms with van der Waals surface area (Å²) in [7, 11) is -4.52. The molecule has 2 N–H and O–H groups in total. The maximum absolute atomic E-state index is 11.0. The van der Waals surface area contributed by atoms with Gasteiger partial charge in [0.1, 0.15) is 10.1 Å². The van der Waals surface area contributed by atoms with E-state index in [1.54, 1.807) is 6.07 Å². The molecule has 0 spiro atoms. The van der Waals surface area contributed by atoms with Crippen molar-refractivity contribution in [3.8, 4) is 0 Å². The second-order valence-electron chi connectivity index (χ2n) is 3.95. The summed E-state index contributed by atoms with van der Waals surface area (Å²) < 4.78 is 33.1. The van der Waals surface area contributed by atoms with Crippen LogP contribution in [0.5, 0.6) is 0 Å². The van der Waals surface area contributed by atoms with E-state index in [-0.39, 0.29) is 40.1 Å². The van der Waals surface area contributed by atoms with Gasteiger partial charge < -0.3 is 10.3 Å². The minimum Gasteiger partial charge on any atom is -0.744 e. The Hall–Kier alpha value is -0.850. The fourth-order valence-electron chi connectivity index (χ4n) is 1.78. The summed E-state index contributed by atoms with van der Waals surface area (Å²) in [5.41, 5.74) is 7.42. The van der Waals surface area contributed by atoms with E-state index >= 15 is 0 Å². The molecule has 0 atom stereocenters. The summed E-state index contributed by atoms with van der Waals surface area (Å²) in [6.45, 7) is 0. The van der Waals surface area contributed by atoms with Crippen molar-refractivity contribution in [3.63, 3.8) is 0 Å². The Bertz CT molecular complexity index is 657. The van der Waals surface area contributed by atoms with Gasteiger partial charge >= 0.3 is 29.6 Å². The van der Waals surface area contributed by atoms with E-state index in [2.05, 4.69) is 0 Å². The number of anilines is 1. The van der Waals surface area contributed by atoms with Crippen LogP contribution in [0.3, 0.4) is 0 Å². The van der Waals surface area contributed by atoms with Crippen molar-refractivity contribution in [2.45, 2.75) is 11.3 Å². The Morgan fingerprint density at radius 2 is 1.63 bits per heavy atom. The van der Waals surface area contributed by atoms with Crippen molar-refractivity contribution < 1.29 is 42.5 Å². The maximum atomic E-state index is 11.0. The average molecular weight is 285 g/mol. The summed E-state index contributed by atoms with van der Waals surface area (Å²) in [6, 6.07) is 14.0. The normalized spacial score (nSPS) is 10.8. The molecule has 2 rings (SSSR count). The fraction of sp³-hybridized carbons (Fsp3) is 0.0769. The number of rotatable bonds is 3. The van der Waals surface area contributed by atoms with Crippen molar-refractivity contribution in [2.24, 2.45) is 0 Å². The Balaban J connectivity index is 0.00000180. The number of hydrogen-bond acceptors (Lipinski definition) is 4. The largest absolute Gasteiger partial charge is 1.00 e. The van der Waals surface area contributed by atoms with Gasteiger partial charge in [0.05, 0.1) is 10.6 Å². The van der Waals surface area contributed by atoms with Gasteiger partial charge in [-0.2, -0.15) is 0 Å². The van der Waals surface area contributed by atoms with Gasteiger partial charge in [-0.3, -0.25) is 0 Å². The molecule has 94 valence electrons. The molecule has 0 saturated carbocycles. The van der Waals surface area contributed by atoms with Crippen molar-refractivity contribution >= 4 is 15.8 Å². The zero-order chi connectivity index (χ0) is 13.2. The Morgan fingerprint density at radius 1 is 1.00 bits per heavy atom. The summed E-state index contributed by atoms with van der Waals surface area (Å²) in [4.78, 5) is -0.351. The summed E-state index contributed by atoms with van der Waals surface area (Å²) >= 11 is 0. The fourth-order valence-corrected chi connectivity index (χ4v) is 2.42. The Labute approximate surface area is 134 Å². The number of hydrogen-bond donors (Lipinski definition) is 1. The van der Waals surface area contributed by atoms with Crippen LogP contribution in [0.2, 0.25) is 0 Å². The maximum Gasteiger partial charge on any atom is 1.00 e. The number of benzene rings is 2. The molecular weight excluding hydrogens is 273 g/mol. The van der Waals surface area contributed by atoms with E-state index in [9.17, 15) is 13.0 Å². The predicted octanol–water partition coefficient (Wildman–Crippen LogP) is -1.23. The standard InChI is InChI=1S/C13H13NO3S.Na/c14-13-11(9-10-5-2-1-3-6-10)7-4-8-12(13)18(15,16)17;/h1-8H,9,14H2,(H,15,16,17);/q;+1/p-1. The number of nitrogen functional groups attached to an aromatic ring is 1. The SMILES string of the molecule is Nc1c(Cc2ccccc2)cccc1S(=O)(=O)[O-].[Na+]. The van der Waals surface area contributed by atoms with Crippen molar-refractivity contribution in [3.05, 3.63) is 59.7 Å². The molecule has 2 aromatic rings. The average Bonchev–Trinajstić information content (AvgIpc) is 2.32. The first kappa shape index (κ1) is 16.2. The van der Waals surface area contributed by atoms with Gasteiger partial charge in [0, 0.05) is 0 Å². The van der Waals surface area contributed by atoms with Crippen LogP contribution in [0.4, 0.5) is 5.69 Å². The molecule has 19 heavy (non-hydrogen) atoms. The van der Waals surface area contributed by atoms with Crippen LogP contribution < -0.4 is 35.3 Å². The van der Waals surface area contributed by atoms with Gasteiger partial charge in [0.25, 0.3) is 0 Å². The third-order valence-electron chi connectivity index (χ3n) is 2.66. The molecule has 0 aliphatic carbocycles. The molecule has 6 heteroatoms. The first-order chi connectivity index (χ1) is 8.48. The van der Waals surface area contributed by atoms with Gasteiger partial charge in [-0.25, -0.2) is 8.42 Å².